The molecule has 1 atom stereocenters. The zero-order valence-corrected chi connectivity index (χ0v) is 16.2. The molecule has 1 unspecified atom stereocenters. The number of ketones is 1. The fourth-order valence-corrected chi connectivity index (χ4v) is 2.64. The van der Waals surface area contributed by atoms with Crippen molar-refractivity contribution in [1.29, 1.82) is 0 Å². The van der Waals surface area contributed by atoms with E-state index in [0.29, 0.717) is 17.3 Å². The van der Waals surface area contributed by atoms with Crippen LogP contribution in [-0.4, -0.2) is 28.8 Å². The van der Waals surface area contributed by atoms with Crippen molar-refractivity contribution in [3.8, 4) is 0 Å². The van der Waals surface area contributed by atoms with Gasteiger partial charge < -0.3 is 10.4 Å². The quantitative estimate of drug-likeness (QED) is 0.521. The Morgan fingerprint density at radius 3 is 2.30 bits per heavy atom. The monoisotopic (exact) mass is 421 g/mol. The summed E-state index contributed by atoms with van der Waals surface area (Å²) in [4.78, 5) is 35.7. The zero-order valence-electron chi connectivity index (χ0n) is 16.2. The third-order valence-electron chi connectivity index (χ3n) is 4.12. The van der Waals surface area contributed by atoms with Crippen molar-refractivity contribution in [3.63, 3.8) is 0 Å². The van der Waals surface area contributed by atoms with E-state index in [4.69, 9.17) is 0 Å². The Balaban J connectivity index is 2.43. The van der Waals surface area contributed by atoms with Gasteiger partial charge in [0.1, 0.15) is 5.69 Å². The Bertz CT molecular complexity index is 1030. The minimum absolute atomic E-state index is 0.397. The molecule has 0 aliphatic carbocycles. The van der Waals surface area contributed by atoms with Crippen LogP contribution in [-0.2, 0) is 15.8 Å². The summed E-state index contributed by atoms with van der Waals surface area (Å²) in [5.74, 6) is -3.34. The Kier molecular flexibility index (Phi) is 6.70. The van der Waals surface area contributed by atoms with Gasteiger partial charge in [-0.2, -0.15) is 23.4 Å². The second-order valence-electron chi connectivity index (χ2n) is 6.54. The molecule has 0 bridgehead atoms. The van der Waals surface area contributed by atoms with Crippen LogP contribution in [0.1, 0.15) is 34.0 Å². The Morgan fingerprint density at radius 1 is 1.10 bits per heavy atom. The van der Waals surface area contributed by atoms with Crippen LogP contribution in [0.25, 0.3) is 0 Å². The maximum Gasteiger partial charge on any atom is 0.418 e. The number of aromatic carboxylic acids is 1. The molecule has 2 aromatic rings. The van der Waals surface area contributed by atoms with Gasteiger partial charge in [-0.25, -0.2) is 4.79 Å². The van der Waals surface area contributed by atoms with Gasteiger partial charge in [0.15, 0.2) is 5.78 Å². The number of hydrogen-bond donors (Lipinski definition) is 2. The fourth-order valence-electron chi connectivity index (χ4n) is 2.64. The lowest BCUT2D eigenvalue weighted by Gasteiger charge is -2.13. The molecule has 0 fully saturated rings. The molecule has 0 spiro atoms. The third-order valence-corrected chi connectivity index (χ3v) is 4.12. The number of halogens is 3. The maximum atomic E-state index is 13.3. The molecule has 2 rings (SSSR count). The van der Waals surface area contributed by atoms with E-state index in [0.717, 1.165) is 24.6 Å². The second-order valence-corrected chi connectivity index (χ2v) is 6.54. The number of aryl methyl sites for hydroxylation is 2. The van der Waals surface area contributed by atoms with Gasteiger partial charge in [0, 0.05) is 5.69 Å². The number of nitrogens with one attached hydrogen (secondary N) is 1. The van der Waals surface area contributed by atoms with E-state index in [2.05, 4.69) is 15.5 Å². The molecule has 0 radical (unpaired) electrons. The summed E-state index contributed by atoms with van der Waals surface area (Å²) in [6, 6.07) is 5.85. The highest BCUT2D eigenvalue weighted by molar-refractivity contribution is 6.10. The highest BCUT2D eigenvalue weighted by Gasteiger charge is 2.36. The predicted octanol–water partition coefficient (Wildman–Crippen LogP) is 4.70. The number of nitrogens with zero attached hydrogens (tertiary/aromatic N) is 2. The summed E-state index contributed by atoms with van der Waals surface area (Å²) < 4.78 is 39.8. The first-order valence-corrected chi connectivity index (χ1v) is 8.64. The first-order chi connectivity index (χ1) is 13.9. The van der Waals surface area contributed by atoms with Crippen molar-refractivity contribution in [3.05, 3.63) is 58.7 Å². The fraction of sp³-hybridized carbons (Fsp3) is 0.250. The number of carbonyl (C=O) groups excluding carboxylic acids is 2. The van der Waals surface area contributed by atoms with Crippen LogP contribution in [0.3, 0.4) is 0 Å². The van der Waals surface area contributed by atoms with E-state index in [1.165, 1.54) is 0 Å². The van der Waals surface area contributed by atoms with Crippen LogP contribution >= 0.6 is 0 Å². The molecule has 0 aromatic heterocycles. The molecule has 0 heterocycles. The van der Waals surface area contributed by atoms with Crippen molar-refractivity contribution < 1.29 is 32.7 Å². The van der Waals surface area contributed by atoms with E-state index in [1.807, 2.05) is 6.92 Å². The molecule has 7 nitrogen and oxygen atoms in total. The molecule has 0 aliphatic rings. The molecule has 10 heteroatoms. The van der Waals surface area contributed by atoms with Gasteiger partial charge in [-0.1, -0.05) is 23.8 Å². The smallest absolute Gasteiger partial charge is 0.418 e. The van der Waals surface area contributed by atoms with Gasteiger partial charge in [-0.3, -0.25) is 9.59 Å². The first kappa shape index (κ1) is 22.7. The minimum Gasteiger partial charge on any atom is -0.478 e. The molecule has 0 aliphatic heterocycles. The first-order valence-electron chi connectivity index (χ1n) is 8.64. The average Bonchev–Trinajstić information content (AvgIpc) is 2.62. The SMILES string of the molecule is CC(=O)C(N=Nc1c(C(=O)O)cccc1C(F)(F)F)C(=O)Nc1ccc(C)cc1C. The van der Waals surface area contributed by atoms with Gasteiger partial charge >= 0.3 is 12.1 Å². The third kappa shape index (κ3) is 5.28. The summed E-state index contributed by atoms with van der Waals surface area (Å²) in [5, 5.41) is 18.5. The molecule has 158 valence electrons. The number of carboxylic acid groups (broad SMARTS) is 1. The van der Waals surface area contributed by atoms with Crippen LogP contribution in [0.15, 0.2) is 46.6 Å². The highest BCUT2D eigenvalue weighted by atomic mass is 19.4. The number of alkyl halides is 3. The highest BCUT2D eigenvalue weighted by Crippen LogP contribution is 2.38. The molecule has 2 aromatic carbocycles. The van der Waals surface area contributed by atoms with Crippen molar-refractivity contribution in [2.24, 2.45) is 10.2 Å². The molecule has 0 saturated carbocycles. The zero-order chi connectivity index (χ0) is 22.6. The minimum atomic E-state index is -4.91. The van der Waals surface area contributed by atoms with E-state index >= 15 is 0 Å². The van der Waals surface area contributed by atoms with Gasteiger partial charge in [-0.05, 0) is 44.5 Å². The summed E-state index contributed by atoms with van der Waals surface area (Å²) in [7, 11) is 0. The van der Waals surface area contributed by atoms with E-state index < -0.39 is 46.7 Å². The summed E-state index contributed by atoms with van der Waals surface area (Å²) in [6.45, 7) is 4.61. The van der Waals surface area contributed by atoms with Crippen molar-refractivity contribution in [2.45, 2.75) is 33.0 Å². The topological polar surface area (TPSA) is 108 Å². The summed E-state index contributed by atoms with van der Waals surface area (Å²) in [5.41, 5.74) is -1.04. The van der Waals surface area contributed by atoms with E-state index in [-0.39, 0.29) is 0 Å². The van der Waals surface area contributed by atoms with Crippen LogP contribution < -0.4 is 5.32 Å². The van der Waals surface area contributed by atoms with Gasteiger partial charge in [-0.15, -0.1) is 0 Å². The summed E-state index contributed by atoms with van der Waals surface area (Å²) >= 11 is 0. The molecular weight excluding hydrogens is 403 g/mol. The van der Waals surface area contributed by atoms with Gasteiger partial charge in [0.2, 0.25) is 6.04 Å². The van der Waals surface area contributed by atoms with Crippen LogP contribution in [0.4, 0.5) is 24.5 Å². The normalized spacial score (nSPS) is 12.6. The second kappa shape index (κ2) is 8.85. The largest absolute Gasteiger partial charge is 0.478 e. The number of anilines is 1. The lowest BCUT2D eigenvalue weighted by atomic mass is 10.1. The Hall–Kier alpha value is -3.56. The van der Waals surface area contributed by atoms with Crippen LogP contribution in [0.2, 0.25) is 0 Å². The number of azo groups is 1. The van der Waals surface area contributed by atoms with Crippen molar-refractivity contribution >= 4 is 29.0 Å². The number of hydrogen-bond acceptors (Lipinski definition) is 5. The van der Waals surface area contributed by atoms with Crippen molar-refractivity contribution in [2.75, 3.05) is 5.32 Å². The molecule has 1 amide bonds. The lowest BCUT2D eigenvalue weighted by Crippen LogP contribution is -2.32. The number of carbonyl (C=O) groups is 3. The number of rotatable bonds is 6. The van der Waals surface area contributed by atoms with E-state index in [1.54, 1.807) is 25.1 Å². The molecule has 2 N–H and O–H groups in total. The summed E-state index contributed by atoms with van der Waals surface area (Å²) in [6.07, 6.45) is -4.91. The number of amides is 1. The average molecular weight is 421 g/mol. The predicted molar refractivity (Wildman–Crippen MR) is 102 cm³/mol. The molecule has 30 heavy (non-hydrogen) atoms. The standard InChI is InChI=1S/C20H18F3N3O4/c1-10-7-8-15(11(2)9-10)24-18(28)16(12(3)27)25-26-17-13(19(29)30)5-4-6-14(17)20(21,22)23/h4-9,16H,1-3H3,(H,24,28)(H,29,30). The van der Waals surface area contributed by atoms with Gasteiger partial charge in [0.05, 0.1) is 11.1 Å². The molecule has 0 saturated heterocycles. The lowest BCUT2D eigenvalue weighted by molar-refractivity contribution is -0.137. The Morgan fingerprint density at radius 2 is 1.77 bits per heavy atom. The van der Waals surface area contributed by atoms with Gasteiger partial charge in [0.25, 0.3) is 5.91 Å². The number of benzene rings is 2. The maximum absolute atomic E-state index is 13.3. The van der Waals surface area contributed by atoms with Crippen LogP contribution in [0.5, 0.6) is 0 Å². The number of Topliss-reactive ketones (excluding diaryl/α,β-unsaturated/α-hetero) is 1. The van der Waals surface area contributed by atoms with Crippen molar-refractivity contribution in [1.82, 2.24) is 0 Å². The number of carboxylic acids is 1. The molecular formula is C20H18F3N3O4. The van der Waals surface area contributed by atoms with Crippen LogP contribution in [0, 0.1) is 13.8 Å². The Labute approximate surface area is 169 Å². The van der Waals surface area contributed by atoms with E-state index in [9.17, 15) is 32.7 Å².